The number of benzene rings is 2. The molecule has 0 aliphatic heterocycles. The normalized spacial score (nSPS) is 10.8. The molecular weight excluding hydrogens is 306 g/mol. The smallest absolute Gasteiger partial charge is 0.162 e. The third-order valence-corrected chi connectivity index (χ3v) is 4.29. The Kier molecular flexibility index (Phi) is 6.65. The summed E-state index contributed by atoms with van der Waals surface area (Å²) in [6.45, 7) is 3.91. The van der Waals surface area contributed by atoms with E-state index in [1.54, 1.807) is 19.1 Å². The summed E-state index contributed by atoms with van der Waals surface area (Å²) in [7, 11) is 0. The Hall–Kier alpha value is -2.03. The van der Waals surface area contributed by atoms with Gasteiger partial charge < -0.3 is 0 Å². The highest BCUT2D eigenvalue weighted by molar-refractivity contribution is 5.96. The maximum atomic E-state index is 14.0. The molecule has 3 heteroatoms. The Morgan fingerprint density at radius 3 is 2.12 bits per heavy atom. The summed E-state index contributed by atoms with van der Waals surface area (Å²) in [6.07, 6.45) is 3.77. The Balaban J connectivity index is 1.92. The van der Waals surface area contributed by atoms with E-state index in [4.69, 9.17) is 0 Å². The Morgan fingerprint density at radius 1 is 0.875 bits per heavy atom. The maximum absolute atomic E-state index is 14.0. The first-order valence-corrected chi connectivity index (χ1v) is 8.64. The molecular formula is C21H24F2O. The van der Waals surface area contributed by atoms with Crippen molar-refractivity contribution in [2.75, 3.05) is 0 Å². The van der Waals surface area contributed by atoms with Crippen molar-refractivity contribution in [2.24, 2.45) is 0 Å². The second-order valence-corrected chi connectivity index (χ2v) is 6.09. The van der Waals surface area contributed by atoms with Crippen molar-refractivity contribution in [3.8, 4) is 0 Å². The first-order chi connectivity index (χ1) is 11.6. The molecule has 0 amide bonds. The molecule has 0 unspecified atom stereocenters. The van der Waals surface area contributed by atoms with E-state index >= 15 is 0 Å². The molecule has 0 aliphatic rings. The highest BCUT2D eigenvalue weighted by Crippen LogP contribution is 2.19. The Bertz CT molecular complexity index is 690. The first-order valence-electron chi connectivity index (χ1n) is 8.64. The second kappa shape index (κ2) is 8.72. The van der Waals surface area contributed by atoms with Crippen LogP contribution in [-0.4, -0.2) is 5.78 Å². The van der Waals surface area contributed by atoms with Crippen LogP contribution in [0, 0.1) is 11.6 Å². The second-order valence-electron chi connectivity index (χ2n) is 6.09. The third kappa shape index (κ3) is 4.50. The third-order valence-electron chi connectivity index (χ3n) is 4.29. The predicted octanol–water partition coefficient (Wildman–Crippen LogP) is 5.69. The molecule has 0 fully saturated rings. The van der Waals surface area contributed by atoms with E-state index in [0.717, 1.165) is 12.8 Å². The predicted molar refractivity (Wildman–Crippen MR) is 93.4 cm³/mol. The number of rotatable bonds is 8. The van der Waals surface area contributed by atoms with E-state index in [2.05, 4.69) is 6.92 Å². The van der Waals surface area contributed by atoms with Gasteiger partial charge in [0.1, 0.15) is 0 Å². The fourth-order valence-corrected chi connectivity index (χ4v) is 2.83. The van der Waals surface area contributed by atoms with Gasteiger partial charge in [0.25, 0.3) is 0 Å². The molecule has 0 N–H and O–H groups in total. The van der Waals surface area contributed by atoms with E-state index in [0.29, 0.717) is 42.4 Å². The molecule has 2 aromatic rings. The van der Waals surface area contributed by atoms with Gasteiger partial charge in [-0.1, -0.05) is 56.7 Å². The summed E-state index contributed by atoms with van der Waals surface area (Å²) < 4.78 is 27.7. The number of halogens is 2. The van der Waals surface area contributed by atoms with E-state index in [-0.39, 0.29) is 5.78 Å². The summed E-state index contributed by atoms with van der Waals surface area (Å²) in [4.78, 5) is 12.2. The zero-order chi connectivity index (χ0) is 17.5. The monoisotopic (exact) mass is 330 g/mol. The molecule has 24 heavy (non-hydrogen) atoms. The van der Waals surface area contributed by atoms with Gasteiger partial charge in [0, 0.05) is 12.0 Å². The lowest BCUT2D eigenvalue weighted by Gasteiger charge is -2.07. The Labute approximate surface area is 142 Å². The van der Waals surface area contributed by atoms with Gasteiger partial charge in [-0.3, -0.25) is 4.79 Å². The minimum Gasteiger partial charge on any atom is -0.294 e. The number of carbonyl (C=O) groups excluding carboxylic acids is 1. The van der Waals surface area contributed by atoms with E-state index < -0.39 is 11.6 Å². The lowest BCUT2D eigenvalue weighted by molar-refractivity contribution is 0.0980. The number of hydrogen-bond acceptors (Lipinski definition) is 1. The molecule has 0 aliphatic carbocycles. The van der Waals surface area contributed by atoms with Gasteiger partial charge >= 0.3 is 0 Å². The lowest BCUT2D eigenvalue weighted by Crippen LogP contribution is -2.03. The molecule has 1 nitrogen and oxygen atoms in total. The van der Waals surface area contributed by atoms with Gasteiger partial charge in [0.15, 0.2) is 17.4 Å². The summed E-state index contributed by atoms with van der Waals surface area (Å²) in [6, 6.07) is 10.9. The summed E-state index contributed by atoms with van der Waals surface area (Å²) in [5.74, 6) is -1.48. The molecule has 0 radical (unpaired) electrons. The average molecular weight is 330 g/mol. The zero-order valence-electron chi connectivity index (χ0n) is 14.4. The quantitative estimate of drug-likeness (QED) is 0.569. The number of ketones is 1. The van der Waals surface area contributed by atoms with Crippen molar-refractivity contribution in [1.29, 1.82) is 0 Å². The average Bonchev–Trinajstić information content (AvgIpc) is 2.59. The van der Waals surface area contributed by atoms with Gasteiger partial charge in [-0.2, -0.15) is 0 Å². The number of Topliss-reactive ketones (excluding diaryl/α,β-unsaturated/α-hetero) is 1. The van der Waals surface area contributed by atoms with Crippen molar-refractivity contribution >= 4 is 5.78 Å². The lowest BCUT2D eigenvalue weighted by atomic mass is 9.99. The summed E-state index contributed by atoms with van der Waals surface area (Å²) in [5, 5.41) is 0. The first kappa shape index (κ1) is 18.3. The van der Waals surface area contributed by atoms with Crippen molar-refractivity contribution < 1.29 is 13.6 Å². The Morgan fingerprint density at radius 2 is 1.50 bits per heavy atom. The standard InChI is InChI=1S/C21H24F2O/c1-3-6-15-9-11-17(12-10-15)19(24)8-5-7-18-14-13-16(4-2)20(22)21(18)23/h9-14H,3-8H2,1-2H3. The van der Waals surface area contributed by atoms with Gasteiger partial charge in [-0.25, -0.2) is 8.78 Å². The molecule has 0 bridgehead atoms. The van der Waals surface area contributed by atoms with Crippen LogP contribution in [-0.2, 0) is 19.3 Å². The molecule has 0 saturated carbocycles. The molecule has 128 valence electrons. The number of aryl methyl sites for hydroxylation is 3. The molecule has 0 saturated heterocycles. The summed E-state index contributed by atoms with van der Waals surface area (Å²) in [5.41, 5.74) is 2.64. The topological polar surface area (TPSA) is 17.1 Å². The largest absolute Gasteiger partial charge is 0.294 e. The van der Waals surface area contributed by atoms with E-state index in [1.807, 2.05) is 24.3 Å². The zero-order valence-corrected chi connectivity index (χ0v) is 14.4. The maximum Gasteiger partial charge on any atom is 0.162 e. The van der Waals surface area contributed by atoms with Crippen LogP contribution in [0.5, 0.6) is 0 Å². The molecule has 0 atom stereocenters. The fourth-order valence-electron chi connectivity index (χ4n) is 2.83. The van der Waals surface area contributed by atoms with Gasteiger partial charge in [0.05, 0.1) is 0 Å². The molecule has 0 heterocycles. The summed E-state index contributed by atoms with van der Waals surface area (Å²) >= 11 is 0. The van der Waals surface area contributed by atoms with Crippen LogP contribution in [0.1, 0.15) is 60.2 Å². The van der Waals surface area contributed by atoms with Crippen LogP contribution >= 0.6 is 0 Å². The van der Waals surface area contributed by atoms with Crippen molar-refractivity contribution in [2.45, 2.75) is 52.4 Å². The van der Waals surface area contributed by atoms with Crippen LogP contribution in [0.15, 0.2) is 36.4 Å². The highest BCUT2D eigenvalue weighted by atomic mass is 19.2. The van der Waals surface area contributed by atoms with Crippen molar-refractivity contribution in [3.05, 3.63) is 70.3 Å². The van der Waals surface area contributed by atoms with Crippen molar-refractivity contribution in [3.63, 3.8) is 0 Å². The van der Waals surface area contributed by atoms with Gasteiger partial charge in [-0.15, -0.1) is 0 Å². The van der Waals surface area contributed by atoms with E-state index in [1.165, 1.54) is 5.56 Å². The molecule has 2 rings (SSSR count). The fraction of sp³-hybridized carbons (Fsp3) is 0.381. The minimum atomic E-state index is -0.772. The van der Waals surface area contributed by atoms with Crippen LogP contribution in [0.4, 0.5) is 8.78 Å². The molecule has 0 spiro atoms. The van der Waals surface area contributed by atoms with Crippen LogP contribution in [0.3, 0.4) is 0 Å². The van der Waals surface area contributed by atoms with Crippen LogP contribution in [0.2, 0.25) is 0 Å². The molecule has 0 aromatic heterocycles. The van der Waals surface area contributed by atoms with Gasteiger partial charge in [0.2, 0.25) is 0 Å². The SMILES string of the molecule is CCCc1ccc(C(=O)CCCc2ccc(CC)c(F)c2F)cc1. The molecule has 2 aromatic carbocycles. The van der Waals surface area contributed by atoms with Crippen molar-refractivity contribution in [1.82, 2.24) is 0 Å². The van der Waals surface area contributed by atoms with Crippen LogP contribution < -0.4 is 0 Å². The minimum absolute atomic E-state index is 0.0455. The number of hydrogen-bond donors (Lipinski definition) is 0. The highest BCUT2D eigenvalue weighted by Gasteiger charge is 2.13. The van der Waals surface area contributed by atoms with E-state index in [9.17, 15) is 13.6 Å². The number of carbonyl (C=O) groups is 1. The van der Waals surface area contributed by atoms with Crippen LogP contribution in [0.25, 0.3) is 0 Å². The van der Waals surface area contributed by atoms with Gasteiger partial charge in [-0.05, 0) is 42.4 Å².